The maximum atomic E-state index is 10.6. The van der Waals surface area contributed by atoms with Crippen LogP contribution >= 0.6 is 11.6 Å². The molecule has 3 rings (SSSR count). The summed E-state index contributed by atoms with van der Waals surface area (Å²) < 4.78 is 5.08. The van der Waals surface area contributed by atoms with E-state index in [0.29, 0.717) is 28.8 Å². The smallest absolute Gasteiger partial charge is 0.245 e. The van der Waals surface area contributed by atoms with Gasteiger partial charge in [-0.3, -0.25) is 0 Å². The number of anilines is 1. The molecule has 2 aromatic carbocycles. The lowest BCUT2D eigenvalue weighted by molar-refractivity contribution is 0.221. The van der Waals surface area contributed by atoms with Gasteiger partial charge in [0.2, 0.25) is 5.89 Å². The molecule has 0 aliphatic rings. The summed E-state index contributed by atoms with van der Waals surface area (Å²) in [7, 11) is 0. The van der Waals surface area contributed by atoms with Crippen LogP contribution in [0.4, 0.5) is 5.69 Å². The molecule has 1 unspecified atom stereocenters. The first-order chi connectivity index (χ1) is 11.1. The Morgan fingerprint density at radius 2 is 2.00 bits per heavy atom. The lowest BCUT2D eigenvalue weighted by Gasteiger charge is -2.17. The second-order valence-electron chi connectivity index (χ2n) is 5.13. The van der Waals surface area contributed by atoms with Crippen molar-refractivity contribution in [1.29, 1.82) is 0 Å². The van der Waals surface area contributed by atoms with Crippen LogP contribution in [0.1, 0.15) is 28.9 Å². The van der Waals surface area contributed by atoms with Crippen molar-refractivity contribution >= 4 is 17.3 Å². The van der Waals surface area contributed by atoms with Crippen LogP contribution < -0.4 is 5.32 Å². The number of aromatic nitrogens is 2. The summed E-state index contributed by atoms with van der Waals surface area (Å²) in [6.45, 7) is 2.14. The van der Waals surface area contributed by atoms with Crippen LogP contribution in [-0.4, -0.2) is 15.2 Å². The third-order valence-electron chi connectivity index (χ3n) is 3.42. The summed E-state index contributed by atoms with van der Waals surface area (Å²) >= 11 is 6.09. The normalized spacial score (nSPS) is 12.1. The molecule has 23 heavy (non-hydrogen) atoms. The van der Waals surface area contributed by atoms with Gasteiger partial charge >= 0.3 is 0 Å². The Balaban J connectivity index is 1.85. The van der Waals surface area contributed by atoms with Gasteiger partial charge in [-0.05, 0) is 30.7 Å². The number of aryl methyl sites for hydroxylation is 1. The summed E-state index contributed by atoms with van der Waals surface area (Å²) in [5, 5.41) is 18.2. The van der Waals surface area contributed by atoms with Crippen LogP contribution in [0.2, 0.25) is 5.02 Å². The number of aliphatic hydroxyl groups is 1. The van der Waals surface area contributed by atoms with Crippen molar-refractivity contribution in [2.24, 2.45) is 0 Å². The number of aliphatic hydroxyl groups excluding tert-OH is 1. The number of hydrogen-bond donors (Lipinski definition) is 2. The maximum Gasteiger partial charge on any atom is 0.245 e. The summed E-state index contributed by atoms with van der Waals surface area (Å²) in [6.07, 6.45) is -0.776. The van der Waals surface area contributed by atoms with Gasteiger partial charge < -0.3 is 14.9 Å². The highest BCUT2D eigenvalue weighted by Gasteiger charge is 2.15. The summed E-state index contributed by atoms with van der Waals surface area (Å²) in [4.78, 5) is 4.15. The largest absolute Gasteiger partial charge is 0.384 e. The fraction of sp³-hybridized carbons (Fsp3) is 0.176. The third kappa shape index (κ3) is 3.70. The minimum Gasteiger partial charge on any atom is -0.384 e. The second kappa shape index (κ2) is 6.81. The Labute approximate surface area is 138 Å². The first-order valence-corrected chi connectivity index (χ1v) is 7.57. The van der Waals surface area contributed by atoms with Crippen LogP contribution in [0, 0.1) is 6.92 Å². The van der Waals surface area contributed by atoms with E-state index < -0.39 is 6.10 Å². The molecule has 1 heterocycles. The summed E-state index contributed by atoms with van der Waals surface area (Å²) in [5.74, 6) is 1.07. The number of benzene rings is 2. The van der Waals surface area contributed by atoms with E-state index in [-0.39, 0.29) is 0 Å². The van der Waals surface area contributed by atoms with E-state index in [1.165, 1.54) is 0 Å². The molecule has 0 aliphatic carbocycles. The first kappa shape index (κ1) is 15.5. The molecule has 0 aliphatic heterocycles. The lowest BCUT2D eigenvalue weighted by Crippen LogP contribution is -2.07. The maximum absolute atomic E-state index is 10.6. The number of halogens is 1. The van der Waals surface area contributed by atoms with E-state index in [4.69, 9.17) is 16.1 Å². The average Bonchev–Trinajstić information content (AvgIpc) is 2.99. The molecular formula is C17H16ClN3O2. The van der Waals surface area contributed by atoms with E-state index in [2.05, 4.69) is 15.5 Å². The topological polar surface area (TPSA) is 71.2 Å². The van der Waals surface area contributed by atoms with Crippen molar-refractivity contribution < 1.29 is 9.63 Å². The number of hydrogen-bond acceptors (Lipinski definition) is 5. The van der Waals surface area contributed by atoms with Crippen LogP contribution in [-0.2, 0) is 6.54 Å². The van der Waals surface area contributed by atoms with Crippen LogP contribution in [0.25, 0.3) is 0 Å². The molecule has 0 saturated heterocycles. The van der Waals surface area contributed by atoms with Gasteiger partial charge in [-0.1, -0.05) is 47.1 Å². The van der Waals surface area contributed by atoms with Gasteiger partial charge in [0, 0.05) is 16.3 Å². The van der Waals surface area contributed by atoms with Crippen molar-refractivity contribution in [2.75, 3.05) is 5.32 Å². The predicted molar refractivity (Wildman–Crippen MR) is 88.3 cm³/mol. The molecule has 1 aromatic heterocycles. The van der Waals surface area contributed by atoms with Gasteiger partial charge in [-0.2, -0.15) is 4.98 Å². The predicted octanol–water partition coefficient (Wildman–Crippen LogP) is 3.73. The summed E-state index contributed by atoms with van der Waals surface area (Å²) in [6, 6.07) is 14.8. The Bertz CT molecular complexity index is 790. The number of rotatable bonds is 5. The van der Waals surface area contributed by atoms with Crippen LogP contribution in [0.5, 0.6) is 0 Å². The van der Waals surface area contributed by atoms with Crippen molar-refractivity contribution in [1.82, 2.24) is 10.1 Å². The highest BCUT2D eigenvalue weighted by Crippen LogP contribution is 2.31. The molecule has 2 N–H and O–H groups in total. The zero-order valence-electron chi connectivity index (χ0n) is 12.5. The van der Waals surface area contributed by atoms with Crippen molar-refractivity contribution in [3.05, 3.63) is 76.4 Å². The molecule has 0 radical (unpaired) electrons. The second-order valence-corrected chi connectivity index (χ2v) is 5.57. The molecule has 0 amide bonds. The van der Waals surface area contributed by atoms with Gasteiger partial charge in [0.05, 0.1) is 6.54 Å². The van der Waals surface area contributed by atoms with Crippen molar-refractivity contribution in [3.8, 4) is 0 Å². The molecule has 1 atom stereocenters. The number of nitrogens with one attached hydrogen (secondary N) is 1. The fourth-order valence-electron chi connectivity index (χ4n) is 2.32. The minimum absolute atomic E-state index is 0.372. The summed E-state index contributed by atoms with van der Waals surface area (Å²) in [5.41, 5.74) is 2.26. The Kier molecular flexibility index (Phi) is 4.60. The Hall–Kier alpha value is -2.37. The molecule has 0 spiro atoms. The molecule has 0 saturated carbocycles. The molecular weight excluding hydrogens is 314 g/mol. The third-order valence-corrected chi connectivity index (χ3v) is 3.66. The fourth-order valence-corrected chi connectivity index (χ4v) is 2.50. The highest BCUT2D eigenvalue weighted by molar-refractivity contribution is 6.30. The lowest BCUT2D eigenvalue weighted by atomic mass is 10.00. The van der Waals surface area contributed by atoms with Crippen molar-refractivity contribution in [3.63, 3.8) is 0 Å². The zero-order chi connectivity index (χ0) is 16.2. The Morgan fingerprint density at radius 1 is 1.22 bits per heavy atom. The molecule has 118 valence electrons. The van der Waals surface area contributed by atoms with E-state index in [1.807, 2.05) is 36.4 Å². The van der Waals surface area contributed by atoms with Crippen LogP contribution in [0.15, 0.2) is 53.1 Å². The van der Waals surface area contributed by atoms with Gasteiger partial charge in [0.1, 0.15) is 6.10 Å². The zero-order valence-corrected chi connectivity index (χ0v) is 13.3. The Morgan fingerprint density at radius 3 is 2.70 bits per heavy atom. The van der Waals surface area contributed by atoms with E-state index in [9.17, 15) is 5.11 Å². The SMILES string of the molecule is Cc1noc(CNc2ccc(Cl)cc2C(O)c2ccccc2)n1. The van der Waals surface area contributed by atoms with Crippen molar-refractivity contribution in [2.45, 2.75) is 19.6 Å². The highest BCUT2D eigenvalue weighted by atomic mass is 35.5. The minimum atomic E-state index is -0.776. The first-order valence-electron chi connectivity index (χ1n) is 7.19. The van der Waals surface area contributed by atoms with Crippen LogP contribution in [0.3, 0.4) is 0 Å². The molecule has 0 fully saturated rings. The van der Waals surface area contributed by atoms with Gasteiger partial charge in [-0.25, -0.2) is 0 Å². The van der Waals surface area contributed by atoms with E-state index in [0.717, 1.165) is 11.3 Å². The molecule has 3 aromatic rings. The van der Waals surface area contributed by atoms with E-state index in [1.54, 1.807) is 19.1 Å². The van der Waals surface area contributed by atoms with Gasteiger partial charge in [-0.15, -0.1) is 0 Å². The molecule has 6 heteroatoms. The monoisotopic (exact) mass is 329 g/mol. The average molecular weight is 330 g/mol. The molecule has 5 nitrogen and oxygen atoms in total. The quantitative estimate of drug-likeness (QED) is 0.746. The van der Waals surface area contributed by atoms with Gasteiger partial charge in [0.15, 0.2) is 5.82 Å². The molecule has 0 bridgehead atoms. The van der Waals surface area contributed by atoms with E-state index >= 15 is 0 Å². The standard InChI is InChI=1S/C17H16ClN3O2/c1-11-20-16(23-21-11)10-19-15-8-7-13(18)9-14(15)17(22)12-5-3-2-4-6-12/h2-9,17,19,22H,10H2,1H3. The number of nitrogens with zero attached hydrogens (tertiary/aromatic N) is 2. The van der Waals surface area contributed by atoms with Gasteiger partial charge in [0.25, 0.3) is 0 Å².